The van der Waals surface area contributed by atoms with Crippen molar-refractivity contribution in [3.63, 3.8) is 0 Å². The van der Waals surface area contributed by atoms with Crippen LogP contribution in [0.3, 0.4) is 0 Å². The lowest BCUT2D eigenvalue weighted by atomic mass is 10.0. The molecule has 0 N–H and O–H groups in total. The van der Waals surface area contributed by atoms with Gasteiger partial charge in [-0.25, -0.2) is 0 Å². The number of likely N-dealkylation sites (tertiary alicyclic amines) is 1. The van der Waals surface area contributed by atoms with Crippen molar-refractivity contribution in [3.8, 4) is 11.4 Å². The van der Waals surface area contributed by atoms with Gasteiger partial charge in [0.2, 0.25) is 5.91 Å². The summed E-state index contributed by atoms with van der Waals surface area (Å²) in [5, 5.41) is 9.86. The molecule has 0 bridgehead atoms. The van der Waals surface area contributed by atoms with E-state index in [9.17, 15) is 4.79 Å². The van der Waals surface area contributed by atoms with Crippen LogP contribution in [0, 0.1) is 0 Å². The van der Waals surface area contributed by atoms with Gasteiger partial charge in [0.05, 0.1) is 10.8 Å². The second kappa shape index (κ2) is 8.23. The summed E-state index contributed by atoms with van der Waals surface area (Å²) in [6, 6.07) is 7.96. The van der Waals surface area contributed by atoms with Crippen molar-refractivity contribution >= 4 is 29.3 Å². The highest BCUT2D eigenvalue weighted by Crippen LogP contribution is 2.28. The molecule has 0 radical (unpaired) electrons. The molecular formula is C18H23ClN4OS. The number of piperidine rings is 1. The highest BCUT2D eigenvalue weighted by atomic mass is 35.5. The van der Waals surface area contributed by atoms with Crippen LogP contribution in [0.1, 0.15) is 32.6 Å². The second-order valence-corrected chi connectivity index (χ2v) is 7.63. The molecule has 1 saturated heterocycles. The van der Waals surface area contributed by atoms with Gasteiger partial charge >= 0.3 is 0 Å². The molecule has 0 spiro atoms. The Morgan fingerprint density at radius 1 is 1.32 bits per heavy atom. The van der Waals surface area contributed by atoms with Gasteiger partial charge in [-0.15, -0.1) is 10.2 Å². The van der Waals surface area contributed by atoms with Gasteiger partial charge < -0.3 is 9.47 Å². The Morgan fingerprint density at radius 2 is 2.12 bits per heavy atom. The Balaban J connectivity index is 1.68. The summed E-state index contributed by atoms with van der Waals surface area (Å²) in [6.45, 7) is 3.03. The molecule has 7 heteroatoms. The molecule has 1 aromatic carbocycles. The van der Waals surface area contributed by atoms with Crippen molar-refractivity contribution in [3.05, 3.63) is 29.3 Å². The average molecular weight is 379 g/mol. The highest BCUT2D eigenvalue weighted by molar-refractivity contribution is 7.99. The fraction of sp³-hybridized carbons (Fsp3) is 0.500. The Kier molecular flexibility index (Phi) is 6.02. The van der Waals surface area contributed by atoms with Crippen LogP contribution >= 0.6 is 23.4 Å². The number of amides is 1. The summed E-state index contributed by atoms with van der Waals surface area (Å²) in [4.78, 5) is 14.7. The summed E-state index contributed by atoms with van der Waals surface area (Å²) >= 11 is 7.69. The number of carbonyl (C=O) groups excluding carboxylic acids is 1. The molecule has 134 valence electrons. The zero-order valence-corrected chi connectivity index (χ0v) is 16.2. The van der Waals surface area contributed by atoms with Gasteiger partial charge in [-0.05, 0) is 37.8 Å². The van der Waals surface area contributed by atoms with Crippen molar-refractivity contribution in [1.82, 2.24) is 19.7 Å². The molecule has 1 amide bonds. The summed E-state index contributed by atoms with van der Waals surface area (Å²) in [5.74, 6) is 1.30. The van der Waals surface area contributed by atoms with E-state index in [0.717, 1.165) is 36.5 Å². The molecule has 1 aromatic heterocycles. The number of aromatic nitrogens is 3. The molecule has 1 unspecified atom stereocenters. The Hall–Kier alpha value is -1.53. The van der Waals surface area contributed by atoms with Gasteiger partial charge in [-0.2, -0.15) is 0 Å². The summed E-state index contributed by atoms with van der Waals surface area (Å²) in [5.41, 5.74) is 0.847. The minimum atomic E-state index is 0.193. The van der Waals surface area contributed by atoms with Crippen molar-refractivity contribution in [2.45, 2.75) is 43.8 Å². The third-order valence-corrected chi connectivity index (χ3v) is 6.03. The quantitative estimate of drug-likeness (QED) is 0.737. The predicted molar refractivity (Wildman–Crippen MR) is 102 cm³/mol. The molecule has 1 aliphatic heterocycles. The first-order chi connectivity index (χ1) is 12.1. The Morgan fingerprint density at radius 3 is 2.88 bits per heavy atom. The first-order valence-corrected chi connectivity index (χ1v) is 10.0. The van der Waals surface area contributed by atoms with E-state index in [1.807, 2.05) is 40.8 Å². The third kappa shape index (κ3) is 4.01. The Labute approximate surface area is 157 Å². The first kappa shape index (κ1) is 18.3. The zero-order valence-electron chi connectivity index (χ0n) is 14.6. The molecule has 1 aliphatic rings. The lowest BCUT2D eigenvalue weighted by Gasteiger charge is -2.35. The normalized spacial score (nSPS) is 17.7. The maximum Gasteiger partial charge on any atom is 0.233 e. The number of thioether (sulfide) groups is 1. The highest BCUT2D eigenvalue weighted by Gasteiger charge is 2.25. The number of halogens is 1. The zero-order chi connectivity index (χ0) is 17.8. The molecule has 5 nitrogen and oxygen atoms in total. The lowest BCUT2D eigenvalue weighted by Crippen LogP contribution is -2.44. The van der Waals surface area contributed by atoms with E-state index in [4.69, 9.17) is 11.6 Å². The van der Waals surface area contributed by atoms with E-state index in [1.54, 1.807) is 0 Å². The fourth-order valence-corrected chi connectivity index (χ4v) is 4.30. The summed E-state index contributed by atoms with van der Waals surface area (Å²) in [6.07, 6.45) is 4.47. The fourth-order valence-electron chi connectivity index (χ4n) is 3.28. The van der Waals surface area contributed by atoms with Crippen LogP contribution < -0.4 is 0 Å². The summed E-state index contributed by atoms with van der Waals surface area (Å²) in [7, 11) is 1.90. The van der Waals surface area contributed by atoms with Crippen molar-refractivity contribution in [2.24, 2.45) is 7.05 Å². The molecule has 1 atom stereocenters. The van der Waals surface area contributed by atoms with Crippen LogP contribution in [0.2, 0.25) is 5.02 Å². The van der Waals surface area contributed by atoms with Crippen molar-refractivity contribution in [1.29, 1.82) is 0 Å². The number of benzene rings is 1. The van der Waals surface area contributed by atoms with Gasteiger partial charge in [0.15, 0.2) is 11.0 Å². The third-order valence-electron chi connectivity index (χ3n) is 4.69. The molecule has 2 heterocycles. The van der Waals surface area contributed by atoms with Crippen LogP contribution in [0.15, 0.2) is 29.4 Å². The van der Waals surface area contributed by atoms with Crippen molar-refractivity contribution in [2.75, 3.05) is 12.3 Å². The van der Waals surface area contributed by atoms with Crippen LogP contribution in [0.25, 0.3) is 11.4 Å². The monoisotopic (exact) mass is 378 g/mol. The number of rotatable bonds is 5. The first-order valence-electron chi connectivity index (χ1n) is 8.68. The van der Waals surface area contributed by atoms with Crippen LogP contribution in [-0.4, -0.2) is 43.9 Å². The van der Waals surface area contributed by atoms with Crippen LogP contribution in [0.4, 0.5) is 0 Å². The van der Waals surface area contributed by atoms with Gasteiger partial charge in [-0.1, -0.05) is 42.4 Å². The predicted octanol–water partition coefficient (Wildman–Crippen LogP) is 4.02. The molecule has 0 aliphatic carbocycles. The minimum absolute atomic E-state index is 0.193. The Bertz CT molecular complexity index is 748. The lowest BCUT2D eigenvalue weighted by molar-refractivity contribution is -0.132. The topological polar surface area (TPSA) is 51.0 Å². The van der Waals surface area contributed by atoms with E-state index in [1.165, 1.54) is 18.2 Å². The number of carbonyl (C=O) groups is 1. The summed E-state index contributed by atoms with van der Waals surface area (Å²) < 4.78 is 1.90. The van der Waals surface area contributed by atoms with Crippen molar-refractivity contribution < 1.29 is 4.79 Å². The van der Waals surface area contributed by atoms with Gasteiger partial charge in [0.25, 0.3) is 0 Å². The van der Waals surface area contributed by atoms with Crippen LogP contribution in [0.5, 0.6) is 0 Å². The number of hydrogen-bond acceptors (Lipinski definition) is 4. The van der Waals surface area contributed by atoms with E-state index in [-0.39, 0.29) is 5.91 Å². The molecule has 1 fully saturated rings. The smallest absolute Gasteiger partial charge is 0.233 e. The standard InChI is InChI=1S/C18H23ClN4OS/c1-3-13-8-6-7-11-23(13)16(24)12-25-18-21-20-17(22(18)2)14-9-4-5-10-15(14)19/h4-5,9-10,13H,3,6-8,11-12H2,1-2H3. The van der Waals surface area contributed by atoms with E-state index >= 15 is 0 Å². The number of nitrogens with zero attached hydrogens (tertiary/aromatic N) is 4. The average Bonchev–Trinajstić information content (AvgIpc) is 3.00. The van der Waals surface area contributed by atoms with E-state index < -0.39 is 0 Å². The molecular weight excluding hydrogens is 356 g/mol. The van der Waals surface area contributed by atoms with Gasteiger partial charge in [0.1, 0.15) is 0 Å². The van der Waals surface area contributed by atoms with Gasteiger partial charge in [0, 0.05) is 25.2 Å². The molecule has 2 aromatic rings. The van der Waals surface area contributed by atoms with E-state index in [2.05, 4.69) is 17.1 Å². The number of hydrogen-bond donors (Lipinski definition) is 0. The van der Waals surface area contributed by atoms with Gasteiger partial charge in [-0.3, -0.25) is 4.79 Å². The molecule has 0 saturated carbocycles. The molecule has 3 rings (SSSR count). The van der Waals surface area contributed by atoms with Crippen LogP contribution in [-0.2, 0) is 11.8 Å². The minimum Gasteiger partial charge on any atom is -0.339 e. The largest absolute Gasteiger partial charge is 0.339 e. The SMILES string of the molecule is CCC1CCCCN1C(=O)CSc1nnc(-c2ccccc2Cl)n1C. The maximum absolute atomic E-state index is 12.6. The molecule has 25 heavy (non-hydrogen) atoms. The second-order valence-electron chi connectivity index (χ2n) is 6.28. The van der Waals surface area contributed by atoms with E-state index in [0.29, 0.717) is 22.6 Å². The maximum atomic E-state index is 12.6.